The van der Waals surface area contributed by atoms with Crippen LogP contribution in [-0.4, -0.2) is 18.4 Å². The Morgan fingerprint density at radius 1 is 1.69 bits per heavy atom. The molecular formula is C12H15IO3. The van der Waals surface area contributed by atoms with Crippen LogP contribution >= 0.6 is 22.6 Å². The molecule has 0 spiro atoms. The molecule has 16 heavy (non-hydrogen) atoms. The lowest BCUT2D eigenvalue weighted by Gasteiger charge is -2.39. The Kier molecular flexibility index (Phi) is 3.37. The summed E-state index contributed by atoms with van der Waals surface area (Å²) in [6.45, 7) is 2.13. The van der Waals surface area contributed by atoms with Crippen LogP contribution in [0.4, 0.5) is 0 Å². The van der Waals surface area contributed by atoms with Crippen LogP contribution in [0.1, 0.15) is 32.6 Å². The number of ether oxygens (including phenoxy) is 1. The molecule has 2 unspecified atom stereocenters. The third-order valence-corrected chi connectivity index (χ3v) is 4.19. The monoisotopic (exact) mass is 334 g/mol. The predicted molar refractivity (Wildman–Crippen MR) is 68.1 cm³/mol. The molecule has 2 bridgehead atoms. The van der Waals surface area contributed by atoms with Crippen molar-refractivity contribution in [2.24, 2.45) is 11.3 Å². The molecule has 0 aromatic rings. The summed E-state index contributed by atoms with van der Waals surface area (Å²) in [5.41, 5.74) is -0.857. The molecular weight excluding hydrogens is 319 g/mol. The normalized spacial score (nSPS) is 33.2. The van der Waals surface area contributed by atoms with Crippen molar-refractivity contribution in [2.45, 2.75) is 32.6 Å². The molecule has 2 aliphatic rings. The summed E-state index contributed by atoms with van der Waals surface area (Å²) in [5, 5.41) is 0. The minimum absolute atomic E-state index is 0.0567. The van der Waals surface area contributed by atoms with Crippen molar-refractivity contribution in [1.82, 2.24) is 0 Å². The smallest absolute Gasteiger partial charge is 0.319 e. The van der Waals surface area contributed by atoms with E-state index >= 15 is 0 Å². The molecule has 0 aromatic heterocycles. The standard InChI is InChI=1S/C12H15IO3/c1-2-16-11(15)12-5-3-4-8(10(12)14)6-9(13)7-12/h6,8H,2-5,7H2,1H3. The third-order valence-electron chi connectivity index (χ3n) is 3.45. The van der Waals surface area contributed by atoms with Crippen molar-refractivity contribution in [1.29, 1.82) is 0 Å². The Morgan fingerprint density at radius 2 is 2.44 bits per heavy atom. The molecule has 0 saturated heterocycles. The van der Waals surface area contributed by atoms with E-state index in [1.165, 1.54) is 0 Å². The van der Waals surface area contributed by atoms with E-state index in [1.54, 1.807) is 6.92 Å². The number of halogens is 1. The van der Waals surface area contributed by atoms with Crippen LogP contribution in [0.15, 0.2) is 9.66 Å². The van der Waals surface area contributed by atoms with E-state index < -0.39 is 5.41 Å². The first-order valence-electron chi connectivity index (χ1n) is 5.68. The highest BCUT2D eigenvalue weighted by Crippen LogP contribution is 2.47. The number of rotatable bonds is 2. The van der Waals surface area contributed by atoms with Gasteiger partial charge in [-0.25, -0.2) is 0 Å². The minimum atomic E-state index is -0.857. The van der Waals surface area contributed by atoms with Crippen molar-refractivity contribution < 1.29 is 14.3 Å². The highest BCUT2D eigenvalue weighted by molar-refractivity contribution is 14.1. The van der Waals surface area contributed by atoms with Crippen molar-refractivity contribution in [3.8, 4) is 0 Å². The van der Waals surface area contributed by atoms with Crippen LogP contribution in [0.3, 0.4) is 0 Å². The predicted octanol–water partition coefficient (Wildman–Crippen LogP) is 2.63. The molecule has 88 valence electrons. The number of hydrogen-bond donors (Lipinski definition) is 0. The number of esters is 1. The number of carbonyl (C=O) groups excluding carboxylic acids is 2. The fourth-order valence-corrected chi connectivity index (χ4v) is 3.76. The van der Waals surface area contributed by atoms with E-state index in [1.807, 2.05) is 6.08 Å². The fraction of sp³-hybridized carbons (Fsp3) is 0.667. The first-order valence-corrected chi connectivity index (χ1v) is 6.76. The fourth-order valence-electron chi connectivity index (χ4n) is 2.68. The van der Waals surface area contributed by atoms with E-state index in [0.29, 0.717) is 19.4 Å². The summed E-state index contributed by atoms with van der Waals surface area (Å²) in [4.78, 5) is 24.3. The number of carbonyl (C=O) groups is 2. The molecule has 0 heterocycles. The molecule has 4 heteroatoms. The zero-order chi connectivity index (χ0) is 11.8. The van der Waals surface area contributed by atoms with E-state index in [0.717, 1.165) is 16.4 Å². The average molecular weight is 334 g/mol. The zero-order valence-electron chi connectivity index (χ0n) is 9.29. The maximum atomic E-state index is 12.2. The summed E-state index contributed by atoms with van der Waals surface area (Å²) in [5.74, 6) is -0.289. The Bertz CT molecular complexity index is 361. The maximum Gasteiger partial charge on any atom is 0.319 e. The third kappa shape index (κ3) is 1.81. The van der Waals surface area contributed by atoms with Gasteiger partial charge in [0.15, 0.2) is 5.78 Å². The summed E-state index contributed by atoms with van der Waals surface area (Å²) >= 11 is 2.23. The Morgan fingerprint density at radius 3 is 3.12 bits per heavy atom. The molecule has 0 amide bonds. The number of hydrogen-bond acceptors (Lipinski definition) is 3. The van der Waals surface area contributed by atoms with Crippen LogP contribution in [0, 0.1) is 11.3 Å². The summed E-state index contributed by atoms with van der Waals surface area (Å²) in [6, 6.07) is 0. The number of fused-ring (bicyclic) bond motifs is 2. The van der Waals surface area contributed by atoms with Gasteiger partial charge in [0.05, 0.1) is 6.61 Å². The van der Waals surface area contributed by atoms with E-state index in [4.69, 9.17) is 4.74 Å². The summed E-state index contributed by atoms with van der Waals surface area (Å²) in [7, 11) is 0. The van der Waals surface area contributed by atoms with Gasteiger partial charge in [0, 0.05) is 12.3 Å². The largest absolute Gasteiger partial charge is 0.465 e. The lowest BCUT2D eigenvalue weighted by molar-refractivity contribution is -0.163. The Balaban J connectivity index is 2.34. The molecule has 2 atom stereocenters. The van der Waals surface area contributed by atoms with Gasteiger partial charge in [-0.3, -0.25) is 9.59 Å². The first-order chi connectivity index (χ1) is 7.60. The van der Waals surface area contributed by atoms with Crippen LogP contribution in [0.25, 0.3) is 0 Å². The lowest BCUT2D eigenvalue weighted by Crippen LogP contribution is -2.48. The molecule has 2 aliphatic carbocycles. The topological polar surface area (TPSA) is 43.4 Å². The Labute approximate surface area is 109 Å². The van der Waals surface area contributed by atoms with Crippen LogP contribution in [0.5, 0.6) is 0 Å². The van der Waals surface area contributed by atoms with Gasteiger partial charge in [0.2, 0.25) is 0 Å². The number of ketones is 1. The molecule has 2 rings (SSSR count). The SMILES string of the molecule is CCOC(=O)C12CCCC(C=C(I)C1)C2=O. The van der Waals surface area contributed by atoms with Crippen molar-refractivity contribution in [3.63, 3.8) is 0 Å². The van der Waals surface area contributed by atoms with E-state index in [9.17, 15) is 9.59 Å². The first kappa shape index (κ1) is 12.1. The molecule has 0 N–H and O–H groups in total. The van der Waals surface area contributed by atoms with Gasteiger partial charge >= 0.3 is 5.97 Å². The number of allylic oxidation sites excluding steroid dienone is 2. The molecule has 1 fully saturated rings. The van der Waals surface area contributed by atoms with Crippen molar-refractivity contribution >= 4 is 34.3 Å². The molecule has 1 saturated carbocycles. The van der Waals surface area contributed by atoms with E-state index in [-0.39, 0.29) is 17.7 Å². The maximum absolute atomic E-state index is 12.2. The van der Waals surface area contributed by atoms with Crippen molar-refractivity contribution in [3.05, 3.63) is 9.66 Å². The second kappa shape index (κ2) is 4.47. The van der Waals surface area contributed by atoms with Crippen LogP contribution < -0.4 is 0 Å². The van der Waals surface area contributed by atoms with Crippen molar-refractivity contribution in [2.75, 3.05) is 6.61 Å². The molecule has 0 radical (unpaired) electrons. The van der Waals surface area contributed by atoms with Crippen LogP contribution in [-0.2, 0) is 14.3 Å². The quantitative estimate of drug-likeness (QED) is 0.443. The lowest BCUT2D eigenvalue weighted by atomic mass is 9.64. The van der Waals surface area contributed by atoms with Gasteiger partial charge in [-0.2, -0.15) is 0 Å². The Hall–Kier alpha value is -0.390. The average Bonchev–Trinajstić information content (AvgIpc) is 2.21. The minimum Gasteiger partial charge on any atom is -0.465 e. The van der Waals surface area contributed by atoms with Gasteiger partial charge in [0.1, 0.15) is 5.41 Å². The van der Waals surface area contributed by atoms with Gasteiger partial charge < -0.3 is 4.74 Å². The zero-order valence-corrected chi connectivity index (χ0v) is 11.5. The second-order valence-corrected chi connectivity index (χ2v) is 5.84. The highest BCUT2D eigenvalue weighted by atomic mass is 127. The molecule has 0 aliphatic heterocycles. The summed E-state index contributed by atoms with van der Waals surface area (Å²) in [6.07, 6.45) is 5.03. The number of Topliss-reactive ketones (excluding diaryl/α,β-unsaturated/α-hetero) is 1. The van der Waals surface area contributed by atoms with Gasteiger partial charge in [0.25, 0.3) is 0 Å². The molecule has 0 aromatic carbocycles. The van der Waals surface area contributed by atoms with Gasteiger partial charge in [-0.15, -0.1) is 0 Å². The summed E-state index contributed by atoms with van der Waals surface area (Å²) < 4.78 is 6.21. The van der Waals surface area contributed by atoms with E-state index in [2.05, 4.69) is 22.6 Å². The highest BCUT2D eigenvalue weighted by Gasteiger charge is 2.53. The van der Waals surface area contributed by atoms with Gasteiger partial charge in [-0.05, 0) is 45.9 Å². The van der Waals surface area contributed by atoms with Gasteiger partial charge in [-0.1, -0.05) is 12.5 Å². The second-order valence-electron chi connectivity index (χ2n) is 4.46. The van der Waals surface area contributed by atoms with Crippen LogP contribution in [0.2, 0.25) is 0 Å². The molecule has 3 nitrogen and oxygen atoms in total.